The first kappa shape index (κ1) is 17.3. The summed E-state index contributed by atoms with van der Waals surface area (Å²) in [6, 6.07) is 9.67. The Morgan fingerprint density at radius 3 is 2.50 bits per heavy atom. The van der Waals surface area contributed by atoms with E-state index >= 15 is 0 Å². The Balaban J connectivity index is 2.02. The van der Waals surface area contributed by atoms with E-state index in [9.17, 15) is 0 Å². The molecular formula is C21H34N+. The lowest BCUT2D eigenvalue weighted by Gasteiger charge is -2.42. The van der Waals surface area contributed by atoms with Crippen LogP contribution < -0.4 is 0 Å². The summed E-state index contributed by atoms with van der Waals surface area (Å²) < 4.78 is 1.30. The molecule has 1 aromatic carbocycles. The molecule has 2 unspecified atom stereocenters. The van der Waals surface area contributed by atoms with Gasteiger partial charge in [-0.2, -0.15) is 0 Å². The number of benzene rings is 1. The summed E-state index contributed by atoms with van der Waals surface area (Å²) in [5.74, 6) is 0.756. The molecule has 0 N–H and O–H groups in total. The van der Waals surface area contributed by atoms with Crippen LogP contribution in [0.15, 0.2) is 36.9 Å². The van der Waals surface area contributed by atoms with Gasteiger partial charge in [-0.15, -0.1) is 0 Å². The molecule has 22 heavy (non-hydrogen) atoms. The number of hydrogen-bond acceptors (Lipinski definition) is 0. The standard InChI is InChI=1S/C21H34N/c1-5-13-22(14-9-10-15-22)21(6-2)17-18(3)16-20-12-8-7-11-19(20)4/h5,7-8,11-12,18,21H,1,6,9-10,13-17H2,2-4H3/q+1. The molecule has 1 aliphatic rings. The molecule has 2 atom stereocenters. The van der Waals surface area contributed by atoms with E-state index in [-0.39, 0.29) is 0 Å². The summed E-state index contributed by atoms with van der Waals surface area (Å²) in [5, 5.41) is 0. The van der Waals surface area contributed by atoms with Gasteiger partial charge in [0.05, 0.1) is 25.7 Å². The molecule has 0 aliphatic carbocycles. The lowest BCUT2D eigenvalue weighted by molar-refractivity contribution is -0.936. The van der Waals surface area contributed by atoms with Gasteiger partial charge in [0.15, 0.2) is 0 Å². The summed E-state index contributed by atoms with van der Waals surface area (Å²) in [4.78, 5) is 0. The van der Waals surface area contributed by atoms with E-state index in [0.717, 1.165) is 18.5 Å². The molecule has 0 aromatic heterocycles. The molecule has 2 rings (SSSR count). The lowest BCUT2D eigenvalue weighted by Crippen LogP contribution is -2.53. The fourth-order valence-corrected chi connectivity index (χ4v) is 4.46. The Labute approximate surface area is 137 Å². The minimum atomic E-state index is 0.756. The van der Waals surface area contributed by atoms with Gasteiger partial charge in [-0.05, 0) is 42.9 Å². The number of quaternary nitrogens is 1. The third kappa shape index (κ3) is 4.01. The molecule has 0 spiro atoms. The van der Waals surface area contributed by atoms with Crippen LogP contribution in [0.1, 0.15) is 50.7 Å². The summed E-state index contributed by atoms with van der Waals surface area (Å²) in [6.45, 7) is 15.0. The molecule has 1 aromatic rings. The first-order chi connectivity index (χ1) is 10.6. The summed E-state index contributed by atoms with van der Waals surface area (Å²) >= 11 is 0. The van der Waals surface area contributed by atoms with Crippen molar-refractivity contribution in [1.29, 1.82) is 0 Å². The first-order valence-electron chi connectivity index (χ1n) is 9.12. The van der Waals surface area contributed by atoms with E-state index < -0.39 is 0 Å². The van der Waals surface area contributed by atoms with Gasteiger partial charge < -0.3 is 4.48 Å². The van der Waals surface area contributed by atoms with Crippen LogP contribution in [0.25, 0.3) is 0 Å². The predicted octanol–water partition coefficient (Wildman–Crippen LogP) is 5.14. The van der Waals surface area contributed by atoms with Crippen molar-refractivity contribution in [2.24, 2.45) is 5.92 Å². The van der Waals surface area contributed by atoms with Gasteiger partial charge in [-0.1, -0.05) is 44.7 Å². The Morgan fingerprint density at radius 1 is 1.23 bits per heavy atom. The average Bonchev–Trinajstić information content (AvgIpc) is 2.97. The van der Waals surface area contributed by atoms with Crippen LogP contribution in [0.5, 0.6) is 0 Å². The smallest absolute Gasteiger partial charge is 0.0973 e. The van der Waals surface area contributed by atoms with Crippen LogP contribution in [0.3, 0.4) is 0 Å². The Hall–Kier alpha value is -1.08. The van der Waals surface area contributed by atoms with Crippen molar-refractivity contribution in [3.05, 3.63) is 48.0 Å². The van der Waals surface area contributed by atoms with Gasteiger partial charge in [-0.3, -0.25) is 0 Å². The Morgan fingerprint density at radius 2 is 1.91 bits per heavy atom. The molecule has 0 amide bonds. The van der Waals surface area contributed by atoms with E-state index in [4.69, 9.17) is 0 Å². The predicted molar refractivity (Wildman–Crippen MR) is 97.0 cm³/mol. The van der Waals surface area contributed by atoms with Gasteiger partial charge >= 0.3 is 0 Å². The van der Waals surface area contributed by atoms with E-state index in [2.05, 4.69) is 57.7 Å². The van der Waals surface area contributed by atoms with Crippen LogP contribution in [0.2, 0.25) is 0 Å². The van der Waals surface area contributed by atoms with Crippen molar-refractivity contribution in [3.8, 4) is 0 Å². The van der Waals surface area contributed by atoms with E-state index in [1.165, 1.54) is 60.8 Å². The van der Waals surface area contributed by atoms with E-state index in [1.807, 2.05) is 0 Å². The summed E-state index contributed by atoms with van der Waals surface area (Å²) in [5.41, 5.74) is 2.97. The quantitative estimate of drug-likeness (QED) is 0.461. The molecule has 0 saturated carbocycles. The molecule has 1 fully saturated rings. The number of aryl methyl sites for hydroxylation is 1. The highest BCUT2D eigenvalue weighted by atomic mass is 15.4. The van der Waals surface area contributed by atoms with Crippen LogP contribution in [-0.2, 0) is 6.42 Å². The van der Waals surface area contributed by atoms with Crippen molar-refractivity contribution >= 4 is 0 Å². The average molecular weight is 301 g/mol. The second-order valence-corrected chi connectivity index (χ2v) is 7.38. The highest BCUT2D eigenvalue weighted by molar-refractivity contribution is 5.25. The highest BCUT2D eigenvalue weighted by Crippen LogP contribution is 2.30. The summed E-state index contributed by atoms with van der Waals surface area (Å²) in [7, 11) is 0. The van der Waals surface area contributed by atoms with Crippen molar-refractivity contribution in [3.63, 3.8) is 0 Å². The fourth-order valence-electron chi connectivity index (χ4n) is 4.46. The van der Waals surface area contributed by atoms with Crippen LogP contribution in [0.4, 0.5) is 0 Å². The first-order valence-corrected chi connectivity index (χ1v) is 9.12. The van der Waals surface area contributed by atoms with Gasteiger partial charge in [-0.25, -0.2) is 0 Å². The number of likely N-dealkylation sites (tertiary alicyclic amines) is 1. The minimum Gasteiger partial charge on any atom is -0.318 e. The van der Waals surface area contributed by atoms with Crippen molar-refractivity contribution in [1.82, 2.24) is 0 Å². The van der Waals surface area contributed by atoms with Gasteiger partial charge in [0, 0.05) is 19.3 Å². The maximum absolute atomic E-state index is 4.03. The molecule has 122 valence electrons. The van der Waals surface area contributed by atoms with E-state index in [0.29, 0.717) is 0 Å². The van der Waals surface area contributed by atoms with Crippen LogP contribution >= 0.6 is 0 Å². The molecule has 1 heterocycles. The second kappa shape index (κ2) is 7.97. The second-order valence-electron chi connectivity index (χ2n) is 7.38. The molecule has 1 saturated heterocycles. The van der Waals surface area contributed by atoms with Gasteiger partial charge in [0.1, 0.15) is 0 Å². The van der Waals surface area contributed by atoms with Gasteiger partial charge in [0.25, 0.3) is 0 Å². The largest absolute Gasteiger partial charge is 0.318 e. The van der Waals surface area contributed by atoms with Crippen molar-refractivity contribution < 1.29 is 4.48 Å². The maximum Gasteiger partial charge on any atom is 0.0973 e. The monoisotopic (exact) mass is 300 g/mol. The molecule has 1 heteroatoms. The zero-order valence-corrected chi connectivity index (χ0v) is 14.9. The van der Waals surface area contributed by atoms with Gasteiger partial charge in [0.2, 0.25) is 0 Å². The third-order valence-corrected chi connectivity index (χ3v) is 5.70. The van der Waals surface area contributed by atoms with Crippen molar-refractivity contribution in [2.45, 2.75) is 58.9 Å². The maximum atomic E-state index is 4.03. The summed E-state index contributed by atoms with van der Waals surface area (Å²) in [6.07, 6.45) is 8.81. The Bertz CT molecular complexity index is 471. The third-order valence-electron chi connectivity index (χ3n) is 5.70. The van der Waals surface area contributed by atoms with E-state index in [1.54, 1.807) is 0 Å². The minimum absolute atomic E-state index is 0.756. The zero-order valence-electron chi connectivity index (χ0n) is 14.9. The van der Waals surface area contributed by atoms with Crippen LogP contribution in [0, 0.1) is 12.8 Å². The number of hydrogen-bond donors (Lipinski definition) is 0. The molecule has 1 nitrogen and oxygen atoms in total. The fraction of sp³-hybridized carbons (Fsp3) is 0.619. The highest BCUT2D eigenvalue weighted by Gasteiger charge is 2.38. The molecule has 1 aliphatic heterocycles. The van der Waals surface area contributed by atoms with Crippen LogP contribution in [-0.4, -0.2) is 30.2 Å². The number of rotatable bonds is 8. The molecular weight excluding hydrogens is 266 g/mol. The lowest BCUT2D eigenvalue weighted by atomic mass is 9.90. The molecule has 0 radical (unpaired) electrons. The zero-order chi connectivity index (χ0) is 16.0. The SMILES string of the molecule is C=CC[N+]1(C(CC)CC(C)Cc2ccccc2C)CCCC1. The number of nitrogens with zero attached hydrogens (tertiary/aromatic N) is 1. The normalized spacial score (nSPS) is 19.8. The topological polar surface area (TPSA) is 0 Å². The Kier molecular flexibility index (Phi) is 6.26. The van der Waals surface area contributed by atoms with Crippen molar-refractivity contribution in [2.75, 3.05) is 19.6 Å². The molecule has 0 bridgehead atoms.